The third kappa shape index (κ3) is 12.7. The van der Waals surface area contributed by atoms with Gasteiger partial charge in [0.1, 0.15) is 5.60 Å². The maximum Gasteiger partial charge on any atom is 1.00 e. The molecule has 0 aliphatic carbocycles. The van der Waals surface area contributed by atoms with Crippen molar-refractivity contribution in [1.29, 1.82) is 0 Å². The first-order chi connectivity index (χ1) is 11.1. The summed E-state index contributed by atoms with van der Waals surface area (Å²) in [5, 5.41) is 23.7. The molecular weight excluding hydrogens is 388 g/mol. The summed E-state index contributed by atoms with van der Waals surface area (Å²) in [5.41, 5.74) is -1.76. The number of alkyl carbamates (subject to hydrolysis) is 1. The van der Waals surface area contributed by atoms with Crippen LogP contribution in [0.1, 0.15) is 26.2 Å². The summed E-state index contributed by atoms with van der Waals surface area (Å²) in [4.78, 5) is 33.1. The van der Waals surface area contributed by atoms with Gasteiger partial charge in [0.2, 0.25) is 0 Å². The number of hydrogen-bond donors (Lipinski definition) is 1. The van der Waals surface area contributed by atoms with Crippen molar-refractivity contribution in [3.05, 3.63) is 0 Å². The fraction of sp³-hybridized carbons (Fsp3) is 0.769. The molecule has 26 heavy (non-hydrogen) atoms. The molecule has 0 atom stereocenters. The number of carbonyl (C=O) groups excluding carboxylic acids is 3. The summed E-state index contributed by atoms with van der Waals surface area (Å²) in [6, 6.07) is 0.437. The van der Waals surface area contributed by atoms with Gasteiger partial charge in [-0.15, -0.1) is 0 Å². The molecule has 1 amide bonds. The Hall–Kier alpha value is 0.307. The third-order valence-corrected chi connectivity index (χ3v) is 6.07. The van der Waals surface area contributed by atoms with E-state index in [1.54, 1.807) is 0 Å². The summed E-state index contributed by atoms with van der Waals surface area (Å²) in [7, 11) is 1.65. The first kappa shape index (κ1) is 31.0. The Morgan fingerprint density at radius 2 is 1.38 bits per heavy atom. The van der Waals surface area contributed by atoms with Crippen LogP contribution in [0.5, 0.6) is 0 Å². The van der Waals surface area contributed by atoms with E-state index in [0.29, 0.717) is 12.5 Å². The Morgan fingerprint density at radius 1 is 0.962 bits per heavy atom. The van der Waals surface area contributed by atoms with Crippen LogP contribution in [-0.4, -0.2) is 60.3 Å². The average molecular weight is 411 g/mol. The van der Waals surface area contributed by atoms with E-state index < -0.39 is 45.3 Å². The topological polar surface area (TPSA) is 146 Å². The maximum absolute atomic E-state index is 11.7. The number of ether oxygens (including phenoxy) is 1. The first-order valence-electron chi connectivity index (χ1n) is 7.14. The van der Waals surface area contributed by atoms with Crippen LogP contribution in [0.4, 0.5) is 4.79 Å². The van der Waals surface area contributed by atoms with E-state index in [-0.39, 0.29) is 65.7 Å². The van der Waals surface area contributed by atoms with Crippen LogP contribution in [0.25, 0.3) is 0 Å². The van der Waals surface area contributed by atoms with Gasteiger partial charge in [0.05, 0.1) is 0 Å². The third-order valence-electron chi connectivity index (χ3n) is 3.24. The molecule has 0 aromatic rings. The standard InChI is InChI=1S/C13H25NO9Si.2Na/c1-13(8-10(15)16,9-11(17)18)23-12(19)14-6-5-7-24(20-2,21-3)22-4;;/h5-9H2,1-4H3,(H,14,19)(H,15,16)(H,17,18);;/q;2*+1/p-2. The van der Waals surface area contributed by atoms with E-state index in [1.165, 1.54) is 28.3 Å². The summed E-state index contributed by atoms with van der Waals surface area (Å²) < 4.78 is 20.5. The van der Waals surface area contributed by atoms with E-state index in [2.05, 4.69) is 5.32 Å². The summed E-state index contributed by atoms with van der Waals surface area (Å²) in [6.45, 7) is 1.35. The SMILES string of the molecule is CO[Si](CCCNC(=O)OC(C)(CC(=O)[O-])CC(=O)[O-])(OC)OC.[Na+].[Na+]. The minimum absolute atomic E-state index is 0. The fourth-order valence-corrected chi connectivity index (χ4v) is 3.78. The molecule has 10 nitrogen and oxygen atoms in total. The Labute approximate surface area is 198 Å². The van der Waals surface area contributed by atoms with E-state index in [4.69, 9.17) is 18.0 Å². The van der Waals surface area contributed by atoms with E-state index >= 15 is 0 Å². The molecule has 0 aromatic heterocycles. The quantitative estimate of drug-likeness (QED) is 0.244. The van der Waals surface area contributed by atoms with Crippen molar-refractivity contribution in [3.8, 4) is 0 Å². The Kier molecular flexibility index (Phi) is 18.2. The number of aliphatic carboxylic acids is 2. The molecule has 0 aliphatic rings. The van der Waals surface area contributed by atoms with Crippen molar-refractivity contribution < 1.29 is 102 Å². The van der Waals surface area contributed by atoms with Gasteiger partial charge in [0.25, 0.3) is 0 Å². The zero-order valence-corrected chi connectivity index (χ0v) is 21.2. The minimum Gasteiger partial charge on any atom is -0.550 e. The molecule has 0 saturated heterocycles. The maximum atomic E-state index is 11.7. The average Bonchev–Trinajstić information content (AvgIpc) is 2.46. The number of rotatable bonds is 12. The first-order valence-corrected chi connectivity index (χ1v) is 9.07. The second-order valence-corrected chi connectivity index (χ2v) is 8.35. The van der Waals surface area contributed by atoms with Gasteiger partial charge in [-0.1, -0.05) is 0 Å². The van der Waals surface area contributed by atoms with Gasteiger partial charge >= 0.3 is 74.0 Å². The monoisotopic (exact) mass is 411 g/mol. The van der Waals surface area contributed by atoms with Crippen LogP contribution >= 0.6 is 0 Å². The number of nitrogens with one attached hydrogen (secondary N) is 1. The smallest absolute Gasteiger partial charge is 0.550 e. The van der Waals surface area contributed by atoms with Gasteiger partial charge in [-0.05, 0) is 13.3 Å². The van der Waals surface area contributed by atoms with Gasteiger partial charge in [-0.3, -0.25) is 0 Å². The molecule has 0 fully saturated rings. The van der Waals surface area contributed by atoms with Gasteiger partial charge in [-0.25, -0.2) is 4.79 Å². The van der Waals surface area contributed by atoms with Crippen LogP contribution in [0.2, 0.25) is 6.04 Å². The second kappa shape index (κ2) is 15.3. The van der Waals surface area contributed by atoms with Crippen molar-refractivity contribution in [1.82, 2.24) is 5.32 Å². The van der Waals surface area contributed by atoms with Crippen molar-refractivity contribution in [2.45, 2.75) is 37.8 Å². The predicted molar refractivity (Wildman–Crippen MR) is 78.3 cm³/mol. The molecular formula is C13H23NNa2O9Si. The van der Waals surface area contributed by atoms with Gasteiger partial charge in [0.15, 0.2) is 0 Å². The fourth-order valence-electron chi connectivity index (χ4n) is 2.06. The zero-order chi connectivity index (χ0) is 18.8. The van der Waals surface area contributed by atoms with Gasteiger partial charge < -0.3 is 43.1 Å². The Morgan fingerprint density at radius 3 is 1.73 bits per heavy atom. The predicted octanol–water partition coefficient (Wildman–Crippen LogP) is -7.97. The number of carboxylic acids is 2. The normalized spacial score (nSPS) is 10.9. The van der Waals surface area contributed by atoms with Crippen LogP contribution in [0.15, 0.2) is 0 Å². The Balaban J connectivity index is -0.00000264. The molecule has 0 saturated carbocycles. The minimum atomic E-state index is -2.74. The number of hydrogen-bond acceptors (Lipinski definition) is 9. The van der Waals surface area contributed by atoms with Crippen LogP contribution in [-0.2, 0) is 27.6 Å². The van der Waals surface area contributed by atoms with Crippen molar-refractivity contribution >= 4 is 26.8 Å². The molecule has 13 heteroatoms. The summed E-state index contributed by atoms with van der Waals surface area (Å²) in [6.07, 6.45) is -2.02. The van der Waals surface area contributed by atoms with E-state index in [0.717, 1.165) is 0 Å². The molecule has 140 valence electrons. The largest absolute Gasteiger partial charge is 1.00 e. The molecule has 0 unspecified atom stereocenters. The van der Waals surface area contributed by atoms with Crippen molar-refractivity contribution in [2.24, 2.45) is 0 Å². The molecule has 0 radical (unpaired) electrons. The molecule has 0 bridgehead atoms. The van der Waals surface area contributed by atoms with Crippen LogP contribution < -0.4 is 74.6 Å². The van der Waals surface area contributed by atoms with Crippen LogP contribution in [0, 0.1) is 0 Å². The van der Waals surface area contributed by atoms with Gasteiger partial charge in [-0.2, -0.15) is 0 Å². The molecule has 0 spiro atoms. The summed E-state index contributed by atoms with van der Waals surface area (Å²) in [5.74, 6) is -3.08. The van der Waals surface area contributed by atoms with Crippen molar-refractivity contribution in [2.75, 3.05) is 27.9 Å². The number of amides is 1. The number of carbonyl (C=O) groups is 3. The van der Waals surface area contributed by atoms with Crippen LogP contribution in [0.3, 0.4) is 0 Å². The Bertz CT molecular complexity index is 425. The van der Waals surface area contributed by atoms with E-state index in [1.807, 2.05) is 0 Å². The molecule has 0 aliphatic heterocycles. The molecule has 1 N–H and O–H groups in total. The molecule has 0 heterocycles. The van der Waals surface area contributed by atoms with Gasteiger partial charge in [0, 0.05) is 58.7 Å². The second-order valence-electron chi connectivity index (χ2n) is 5.26. The summed E-state index contributed by atoms with van der Waals surface area (Å²) >= 11 is 0. The zero-order valence-electron chi connectivity index (χ0n) is 16.2. The molecule has 0 rings (SSSR count). The molecule has 0 aromatic carbocycles. The number of carboxylic acid groups (broad SMARTS) is 2. The van der Waals surface area contributed by atoms with Crippen molar-refractivity contribution in [3.63, 3.8) is 0 Å². The van der Waals surface area contributed by atoms with E-state index in [9.17, 15) is 24.6 Å².